The lowest BCUT2D eigenvalue weighted by molar-refractivity contribution is 0.0994. The van der Waals surface area contributed by atoms with Crippen LogP contribution in [0.5, 0.6) is 0 Å². The summed E-state index contributed by atoms with van der Waals surface area (Å²) >= 11 is 0. The third-order valence-electron chi connectivity index (χ3n) is 2.64. The van der Waals surface area contributed by atoms with Crippen LogP contribution in [-0.4, -0.2) is 22.6 Å². The predicted molar refractivity (Wildman–Crippen MR) is 74.3 cm³/mol. The van der Waals surface area contributed by atoms with Crippen molar-refractivity contribution in [2.45, 2.75) is 13.8 Å². The molecule has 1 aromatic heterocycles. The predicted octanol–water partition coefficient (Wildman–Crippen LogP) is 2.03. The van der Waals surface area contributed by atoms with Crippen molar-refractivity contribution in [3.8, 4) is 11.8 Å². The van der Waals surface area contributed by atoms with E-state index in [1.54, 1.807) is 13.8 Å². The summed E-state index contributed by atoms with van der Waals surface area (Å²) in [5.74, 6) is 4.50. The lowest BCUT2D eigenvalue weighted by Crippen LogP contribution is -2.13. The van der Waals surface area contributed by atoms with Crippen LogP contribution < -0.4 is 5.32 Å². The van der Waals surface area contributed by atoms with Crippen LogP contribution in [0.25, 0.3) is 0 Å². The molecule has 0 fully saturated rings. The molecule has 1 aromatic carbocycles. The van der Waals surface area contributed by atoms with Crippen LogP contribution >= 0.6 is 0 Å². The molecule has 2 N–H and O–H groups in total. The molecule has 108 valence electrons. The minimum atomic E-state index is -0.494. The summed E-state index contributed by atoms with van der Waals surface area (Å²) < 4.78 is 18.5. The monoisotopic (exact) mass is 288 g/mol. The van der Waals surface area contributed by atoms with Gasteiger partial charge in [-0.15, -0.1) is 0 Å². The van der Waals surface area contributed by atoms with Gasteiger partial charge in [0.05, 0.1) is 16.9 Å². The number of hydrogen-bond donors (Lipinski definition) is 2. The number of carbonyl (C=O) groups excluding carboxylic acids is 1. The molecule has 1 heterocycles. The normalized spacial score (nSPS) is 9.90. The smallest absolute Gasteiger partial charge is 0.293 e. The van der Waals surface area contributed by atoms with Gasteiger partial charge in [0, 0.05) is 6.92 Å². The van der Waals surface area contributed by atoms with E-state index in [1.807, 2.05) is 0 Å². The molecule has 0 bridgehead atoms. The van der Waals surface area contributed by atoms with Gasteiger partial charge in [-0.3, -0.25) is 4.79 Å². The molecule has 0 spiro atoms. The maximum atomic E-state index is 13.2. The number of aryl methyl sites for hydroxylation is 2. The molecule has 0 atom stereocenters. The van der Waals surface area contributed by atoms with E-state index in [0.29, 0.717) is 17.3 Å². The van der Waals surface area contributed by atoms with Gasteiger partial charge >= 0.3 is 0 Å². The first-order valence-corrected chi connectivity index (χ1v) is 6.16. The summed E-state index contributed by atoms with van der Waals surface area (Å²) in [6, 6.07) is 3.78. The quantitative estimate of drug-likeness (QED) is 0.829. The van der Waals surface area contributed by atoms with E-state index in [2.05, 4.69) is 22.1 Å². The molecule has 0 radical (unpaired) electrons. The Hall–Kier alpha value is -2.65. The topological polar surface area (TPSA) is 75.4 Å². The maximum Gasteiger partial charge on any atom is 0.293 e. The number of aliphatic hydroxyl groups is 1. The van der Waals surface area contributed by atoms with Crippen LogP contribution in [0.1, 0.15) is 27.7 Å². The Kier molecular flexibility index (Phi) is 4.36. The first-order valence-electron chi connectivity index (χ1n) is 6.16. The van der Waals surface area contributed by atoms with Crippen LogP contribution in [0, 0.1) is 31.5 Å². The number of rotatable bonds is 2. The van der Waals surface area contributed by atoms with E-state index in [4.69, 9.17) is 9.52 Å². The molecule has 0 saturated carbocycles. The highest BCUT2D eigenvalue weighted by atomic mass is 19.1. The van der Waals surface area contributed by atoms with Crippen molar-refractivity contribution < 1.29 is 18.7 Å². The van der Waals surface area contributed by atoms with Gasteiger partial charge in [0.15, 0.2) is 5.89 Å². The minimum absolute atomic E-state index is 0.0953. The Balaban J connectivity index is 2.31. The SMILES string of the molecule is Cc1nc(C)c(C(=O)Nc2ccc(F)cc2C#CCO)o1. The highest BCUT2D eigenvalue weighted by Gasteiger charge is 2.17. The van der Waals surface area contributed by atoms with Crippen molar-refractivity contribution in [1.82, 2.24) is 4.98 Å². The van der Waals surface area contributed by atoms with E-state index >= 15 is 0 Å². The molecular weight excluding hydrogens is 275 g/mol. The number of aromatic nitrogens is 1. The van der Waals surface area contributed by atoms with Crippen molar-refractivity contribution in [2.24, 2.45) is 0 Å². The fourth-order valence-corrected chi connectivity index (χ4v) is 1.78. The van der Waals surface area contributed by atoms with Gasteiger partial charge in [-0.05, 0) is 25.1 Å². The van der Waals surface area contributed by atoms with Crippen molar-refractivity contribution in [3.05, 3.63) is 46.9 Å². The van der Waals surface area contributed by atoms with Gasteiger partial charge in [0.1, 0.15) is 12.4 Å². The zero-order valence-corrected chi connectivity index (χ0v) is 11.5. The lowest BCUT2D eigenvalue weighted by Gasteiger charge is -2.06. The van der Waals surface area contributed by atoms with Crippen LogP contribution in [0.15, 0.2) is 22.6 Å². The second-order valence-corrected chi connectivity index (χ2v) is 4.25. The van der Waals surface area contributed by atoms with Gasteiger partial charge in [0.2, 0.25) is 5.76 Å². The highest BCUT2D eigenvalue weighted by Crippen LogP contribution is 2.18. The number of anilines is 1. The zero-order valence-electron chi connectivity index (χ0n) is 11.5. The molecule has 0 aliphatic heterocycles. The Morgan fingerprint density at radius 2 is 2.24 bits per heavy atom. The summed E-state index contributed by atoms with van der Waals surface area (Å²) in [6.07, 6.45) is 0. The largest absolute Gasteiger partial charge is 0.436 e. The lowest BCUT2D eigenvalue weighted by atomic mass is 10.1. The van der Waals surface area contributed by atoms with Crippen LogP contribution in [0.4, 0.5) is 10.1 Å². The summed E-state index contributed by atoms with van der Waals surface area (Å²) in [5, 5.41) is 11.3. The average molecular weight is 288 g/mol. The summed E-state index contributed by atoms with van der Waals surface area (Å²) in [7, 11) is 0. The number of carbonyl (C=O) groups is 1. The Labute approximate surface area is 120 Å². The van der Waals surface area contributed by atoms with Gasteiger partial charge in [-0.2, -0.15) is 0 Å². The fourth-order valence-electron chi connectivity index (χ4n) is 1.78. The van der Waals surface area contributed by atoms with E-state index < -0.39 is 11.7 Å². The summed E-state index contributed by atoms with van der Waals surface area (Å²) in [4.78, 5) is 16.1. The van der Waals surface area contributed by atoms with Gasteiger partial charge in [-0.25, -0.2) is 9.37 Å². The highest BCUT2D eigenvalue weighted by molar-refractivity contribution is 6.03. The summed E-state index contributed by atoms with van der Waals surface area (Å²) in [5.41, 5.74) is 1.07. The molecule has 5 nitrogen and oxygen atoms in total. The Bertz CT molecular complexity index is 741. The van der Waals surface area contributed by atoms with Gasteiger partial charge in [-0.1, -0.05) is 11.8 Å². The summed E-state index contributed by atoms with van der Waals surface area (Å²) in [6.45, 7) is 2.94. The molecule has 0 saturated heterocycles. The molecule has 2 aromatic rings. The number of benzene rings is 1. The molecule has 0 aliphatic carbocycles. The van der Waals surface area contributed by atoms with Crippen molar-refractivity contribution in [2.75, 3.05) is 11.9 Å². The second-order valence-electron chi connectivity index (χ2n) is 4.25. The van der Waals surface area contributed by atoms with Crippen molar-refractivity contribution in [3.63, 3.8) is 0 Å². The number of oxazole rings is 1. The van der Waals surface area contributed by atoms with Gasteiger partial charge < -0.3 is 14.8 Å². The average Bonchev–Trinajstić information content (AvgIpc) is 2.78. The first kappa shape index (κ1) is 14.8. The number of aliphatic hydroxyl groups excluding tert-OH is 1. The first-order chi connectivity index (χ1) is 10.0. The number of nitrogens with zero attached hydrogens (tertiary/aromatic N) is 1. The fraction of sp³-hybridized carbons (Fsp3) is 0.200. The van der Waals surface area contributed by atoms with E-state index in [0.717, 1.165) is 0 Å². The van der Waals surface area contributed by atoms with Crippen molar-refractivity contribution in [1.29, 1.82) is 0 Å². The molecule has 1 amide bonds. The Morgan fingerprint density at radius 3 is 2.86 bits per heavy atom. The molecular formula is C15H13FN2O3. The number of halogens is 1. The third kappa shape index (κ3) is 3.46. The maximum absolute atomic E-state index is 13.2. The third-order valence-corrected chi connectivity index (χ3v) is 2.64. The molecule has 0 unspecified atom stereocenters. The van der Waals surface area contributed by atoms with E-state index in [1.165, 1.54) is 18.2 Å². The van der Waals surface area contributed by atoms with Crippen LogP contribution in [0.3, 0.4) is 0 Å². The van der Waals surface area contributed by atoms with Crippen molar-refractivity contribution >= 4 is 11.6 Å². The molecule has 21 heavy (non-hydrogen) atoms. The van der Waals surface area contributed by atoms with E-state index in [9.17, 15) is 9.18 Å². The Morgan fingerprint density at radius 1 is 1.48 bits per heavy atom. The molecule has 6 heteroatoms. The zero-order chi connectivity index (χ0) is 15.4. The molecule has 2 rings (SSSR count). The number of nitrogens with one attached hydrogen (secondary N) is 1. The van der Waals surface area contributed by atoms with Gasteiger partial charge in [0.25, 0.3) is 5.91 Å². The number of amides is 1. The second kappa shape index (κ2) is 6.20. The van der Waals surface area contributed by atoms with Crippen LogP contribution in [-0.2, 0) is 0 Å². The number of hydrogen-bond acceptors (Lipinski definition) is 4. The minimum Gasteiger partial charge on any atom is -0.436 e. The standard InChI is InChI=1S/C15H13FN2O3/c1-9-14(21-10(2)17-9)15(20)18-13-6-5-12(16)8-11(13)4-3-7-19/h5-6,8,19H,7H2,1-2H3,(H,18,20). The van der Waals surface area contributed by atoms with E-state index in [-0.39, 0.29) is 17.9 Å². The molecule has 0 aliphatic rings. The van der Waals surface area contributed by atoms with Crippen LogP contribution in [0.2, 0.25) is 0 Å².